The number of nitrogens with one attached hydrogen (secondary N) is 1. The number of benzene rings is 2. The molecule has 158 valence electrons. The molecule has 1 fully saturated rings. The number of carbonyl (C=O) groups is 1. The van der Waals surface area contributed by atoms with Crippen molar-refractivity contribution in [1.29, 1.82) is 5.26 Å². The molecule has 9 heteroatoms. The molecule has 4 nitrogen and oxygen atoms in total. The monoisotopic (exact) mass is 440 g/mol. The third-order valence-corrected chi connectivity index (χ3v) is 5.45. The quantitative estimate of drug-likeness (QED) is 0.623. The normalized spacial score (nSPS) is 20.2. The minimum absolute atomic E-state index is 0.00275. The third-order valence-electron chi connectivity index (χ3n) is 5.15. The lowest BCUT2D eigenvalue weighted by molar-refractivity contribution is -0.138. The number of nitriles is 1. The SMILES string of the molecule is C[C@](O)(CC1CC1c1ccc(Cl)c(F)c1)C(=O)Nc1ccc(C#N)c(C(F)(F)F)c1. The Hall–Kier alpha value is -2.63. The van der Waals surface area contributed by atoms with Crippen LogP contribution in [0.2, 0.25) is 5.02 Å². The van der Waals surface area contributed by atoms with Gasteiger partial charge in [0.05, 0.1) is 22.2 Å². The van der Waals surface area contributed by atoms with Crippen molar-refractivity contribution in [3.8, 4) is 6.07 Å². The van der Waals surface area contributed by atoms with Crippen molar-refractivity contribution < 1.29 is 27.5 Å². The highest BCUT2D eigenvalue weighted by Gasteiger charge is 2.45. The Kier molecular flexibility index (Phi) is 5.81. The van der Waals surface area contributed by atoms with Crippen molar-refractivity contribution in [3.05, 3.63) is 63.9 Å². The van der Waals surface area contributed by atoms with Crippen LogP contribution >= 0.6 is 11.6 Å². The number of amides is 1. The predicted molar refractivity (Wildman–Crippen MR) is 102 cm³/mol. The van der Waals surface area contributed by atoms with Gasteiger partial charge >= 0.3 is 6.18 Å². The molecule has 0 aliphatic heterocycles. The molecule has 0 aromatic heterocycles. The van der Waals surface area contributed by atoms with Crippen LogP contribution in [0.15, 0.2) is 36.4 Å². The van der Waals surface area contributed by atoms with Crippen LogP contribution in [0.3, 0.4) is 0 Å². The van der Waals surface area contributed by atoms with Crippen LogP contribution in [-0.4, -0.2) is 16.6 Å². The Bertz CT molecular complexity index is 1030. The van der Waals surface area contributed by atoms with Crippen molar-refractivity contribution in [2.24, 2.45) is 5.92 Å². The maximum atomic E-state index is 13.6. The zero-order valence-electron chi connectivity index (χ0n) is 15.7. The summed E-state index contributed by atoms with van der Waals surface area (Å²) in [6.45, 7) is 1.27. The number of anilines is 1. The van der Waals surface area contributed by atoms with Crippen LogP contribution in [0.1, 0.15) is 42.4 Å². The number of alkyl halides is 3. The fourth-order valence-electron chi connectivity index (χ4n) is 3.45. The molecule has 2 N–H and O–H groups in total. The first-order chi connectivity index (χ1) is 13.9. The van der Waals surface area contributed by atoms with Gasteiger partial charge in [-0.1, -0.05) is 17.7 Å². The number of carbonyl (C=O) groups excluding carboxylic acids is 1. The Balaban J connectivity index is 1.68. The molecule has 0 radical (unpaired) electrons. The zero-order chi connectivity index (χ0) is 22.3. The largest absolute Gasteiger partial charge is 0.417 e. The Morgan fingerprint density at radius 2 is 2.00 bits per heavy atom. The van der Waals surface area contributed by atoms with E-state index in [0.717, 1.165) is 12.1 Å². The molecule has 0 saturated heterocycles. The lowest BCUT2D eigenvalue weighted by atomic mass is 9.95. The molecule has 1 aliphatic rings. The van der Waals surface area contributed by atoms with Crippen molar-refractivity contribution in [1.82, 2.24) is 0 Å². The standard InChI is InChI=1S/C21H17ClF4N2O2/c1-20(30,9-13-6-15(13)11-3-5-17(22)18(23)7-11)19(29)28-14-4-2-12(10-27)16(8-14)21(24,25)26/h2-5,7-8,13,15,30H,6,9H2,1H3,(H,28,29)/t13?,15?,20-/m0/s1. The summed E-state index contributed by atoms with van der Waals surface area (Å²) in [7, 11) is 0. The second-order valence-electron chi connectivity index (χ2n) is 7.58. The molecule has 1 aliphatic carbocycles. The van der Waals surface area contributed by atoms with Crippen molar-refractivity contribution in [3.63, 3.8) is 0 Å². The first kappa shape index (κ1) is 22.1. The van der Waals surface area contributed by atoms with Gasteiger partial charge in [0.15, 0.2) is 0 Å². The molecule has 1 saturated carbocycles. The summed E-state index contributed by atoms with van der Waals surface area (Å²) in [5, 5.41) is 21.7. The number of halogens is 5. The summed E-state index contributed by atoms with van der Waals surface area (Å²) in [5.74, 6) is -1.54. The van der Waals surface area contributed by atoms with Gasteiger partial charge < -0.3 is 10.4 Å². The molecule has 0 heterocycles. The van der Waals surface area contributed by atoms with Gasteiger partial charge in [-0.2, -0.15) is 18.4 Å². The van der Waals surface area contributed by atoms with Crippen molar-refractivity contribution in [2.45, 2.75) is 37.5 Å². The second-order valence-corrected chi connectivity index (χ2v) is 7.99. The van der Waals surface area contributed by atoms with E-state index in [-0.39, 0.29) is 29.0 Å². The van der Waals surface area contributed by atoms with Gasteiger partial charge in [0.1, 0.15) is 11.4 Å². The first-order valence-electron chi connectivity index (χ1n) is 9.02. The zero-order valence-corrected chi connectivity index (χ0v) is 16.5. The summed E-state index contributed by atoms with van der Waals surface area (Å²) < 4.78 is 52.9. The third kappa shape index (κ3) is 4.74. The van der Waals surface area contributed by atoms with Gasteiger partial charge in [0.25, 0.3) is 5.91 Å². The maximum Gasteiger partial charge on any atom is 0.417 e. The average molecular weight is 441 g/mol. The van der Waals surface area contributed by atoms with Crippen LogP contribution in [0.4, 0.5) is 23.2 Å². The van der Waals surface area contributed by atoms with E-state index in [2.05, 4.69) is 5.32 Å². The van der Waals surface area contributed by atoms with Gasteiger partial charge in [0.2, 0.25) is 0 Å². The van der Waals surface area contributed by atoms with Gasteiger partial charge in [-0.05, 0) is 67.5 Å². The Morgan fingerprint density at radius 3 is 2.60 bits per heavy atom. The topological polar surface area (TPSA) is 73.1 Å². The second kappa shape index (κ2) is 7.89. The van der Waals surface area contributed by atoms with E-state index in [1.165, 1.54) is 25.1 Å². The van der Waals surface area contributed by atoms with Crippen molar-refractivity contribution >= 4 is 23.2 Å². The van der Waals surface area contributed by atoms with Crippen molar-refractivity contribution in [2.75, 3.05) is 5.32 Å². The van der Waals surface area contributed by atoms with Gasteiger partial charge in [0, 0.05) is 5.69 Å². The van der Waals surface area contributed by atoms with Gasteiger partial charge in [-0.3, -0.25) is 4.79 Å². The Morgan fingerprint density at radius 1 is 1.30 bits per heavy atom. The van der Waals surface area contributed by atoms with E-state index in [0.29, 0.717) is 18.1 Å². The van der Waals surface area contributed by atoms with E-state index in [9.17, 15) is 27.5 Å². The molecular weight excluding hydrogens is 424 g/mol. The fraction of sp³-hybridized carbons (Fsp3) is 0.333. The van der Waals surface area contributed by atoms with E-state index < -0.39 is 34.6 Å². The van der Waals surface area contributed by atoms with Crippen LogP contribution < -0.4 is 5.32 Å². The molecule has 0 bridgehead atoms. The molecule has 1 amide bonds. The van der Waals surface area contributed by atoms with E-state index in [1.807, 2.05) is 0 Å². The summed E-state index contributed by atoms with van der Waals surface area (Å²) in [6.07, 6.45) is -4.07. The molecule has 0 spiro atoms. The van der Waals surface area contributed by atoms with Gasteiger partial charge in [-0.15, -0.1) is 0 Å². The molecular formula is C21H17ClF4N2O2. The number of aliphatic hydroxyl groups is 1. The van der Waals surface area contributed by atoms with E-state index in [4.69, 9.17) is 16.9 Å². The molecule has 2 aromatic carbocycles. The number of hydrogen-bond acceptors (Lipinski definition) is 3. The summed E-state index contributed by atoms with van der Waals surface area (Å²) in [6, 6.07) is 8.67. The fourth-order valence-corrected chi connectivity index (χ4v) is 3.57. The number of nitrogens with zero attached hydrogens (tertiary/aromatic N) is 1. The van der Waals surface area contributed by atoms with E-state index >= 15 is 0 Å². The molecule has 2 unspecified atom stereocenters. The molecule has 3 atom stereocenters. The average Bonchev–Trinajstić information content (AvgIpc) is 3.41. The summed E-state index contributed by atoms with van der Waals surface area (Å²) >= 11 is 5.67. The highest BCUT2D eigenvalue weighted by molar-refractivity contribution is 6.30. The first-order valence-corrected chi connectivity index (χ1v) is 9.40. The molecule has 2 aromatic rings. The summed E-state index contributed by atoms with van der Waals surface area (Å²) in [4.78, 5) is 12.5. The van der Waals surface area contributed by atoms with Crippen LogP contribution in [0.25, 0.3) is 0 Å². The van der Waals surface area contributed by atoms with Crippen LogP contribution in [0, 0.1) is 23.1 Å². The van der Waals surface area contributed by atoms with Crippen LogP contribution in [0.5, 0.6) is 0 Å². The minimum Gasteiger partial charge on any atom is -0.380 e. The number of rotatable bonds is 5. The smallest absolute Gasteiger partial charge is 0.380 e. The van der Waals surface area contributed by atoms with Crippen LogP contribution in [-0.2, 0) is 11.0 Å². The van der Waals surface area contributed by atoms with Gasteiger partial charge in [-0.25, -0.2) is 4.39 Å². The maximum absolute atomic E-state index is 13.6. The lowest BCUT2D eigenvalue weighted by Gasteiger charge is -2.23. The molecule has 3 rings (SSSR count). The minimum atomic E-state index is -4.76. The molecule has 30 heavy (non-hydrogen) atoms. The highest BCUT2D eigenvalue weighted by atomic mass is 35.5. The summed E-state index contributed by atoms with van der Waals surface area (Å²) in [5.41, 5.74) is -3.06. The lowest BCUT2D eigenvalue weighted by Crippen LogP contribution is -2.40. The highest BCUT2D eigenvalue weighted by Crippen LogP contribution is 2.51. The predicted octanol–water partition coefficient (Wildman–Crippen LogP) is 5.25. The van der Waals surface area contributed by atoms with E-state index in [1.54, 1.807) is 6.07 Å². The number of hydrogen-bond donors (Lipinski definition) is 2. The Labute approximate surface area is 175 Å².